The summed E-state index contributed by atoms with van der Waals surface area (Å²) in [5.41, 5.74) is 6.69. The van der Waals surface area contributed by atoms with Gasteiger partial charge in [0.2, 0.25) is 0 Å². The molecule has 1 atom stereocenters. The topological polar surface area (TPSA) is 70.8 Å². The molecule has 19 heavy (non-hydrogen) atoms. The number of ether oxygens (including phenoxy) is 3. The van der Waals surface area contributed by atoms with Gasteiger partial charge in [-0.2, -0.15) is 0 Å². The van der Waals surface area contributed by atoms with Crippen molar-refractivity contribution in [2.24, 2.45) is 5.73 Å². The predicted molar refractivity (Wildman–Crippen MR) is 78.1 cm³/mol. The molecule has 2 N–H and O–H groups in total. The van der Waals surface area contributed by atoms with E-state index < -0.39 is 6.04 Å². The number of carbonyl (C=O) groups excluding carboxylic acids is 1. The predicted octanol–water partition coefficient (Wildman–Crippen LogP) is 2.45. The fourth-order valence-electron chi connectivity index (χ4n) is 1.48. The smallest absolute Gasteiger partial charge is 0.307 e. The van der Waals surface area contributed by atoms with Gasteiger partial charge in [0.1, 0.15) is 16.0 Å². The summed E-state index contributed by atoms with van der Waals surface area (Å²) in [6.07, 6.45) is 0.102. The minimum Gasteiger partial charge on any atom is -0.495 e. The molecular formula is C12H17BrClNO4. The first kappa shape index (κ1) is 18.0. The number of benzene rings is 1. The highest BCUT2D eigenvalue weighted by Gasteiger charge is 2.17. The lowest BCUT2D eigenvalue weighted by atomic mass is 10.0. The largest absolute Gasteiger partial charge is 0.495 e. The molecule has 5 nitrogen and oxygen atoms in total. The van der Waals surface area contributed by atoms with Crippen molar-refractivity contribution < 1.29 is 19.0 Å². The summed E-state index contributed by atoms with van der Waals surface area (Å²) < 4.78 is 15.7. The Balaban J connectivity index is 0.00000324. The van der Waals surface area contributed by atoms with Gasteiger partial charge >= 0.3 is 5.97 Å². The molecule has 1 aromatic rings. The number of esters is 1. The molecule has 108 valence electrons. The van der Waals surface area contributed by atoms with Crippen LogP contribution in [0.3, 0.4) is 0 Å². The molecule has 0 spiro atoms. The summed E-state index contributed by atoms with van der Waals surface area (Å²) in [5, 5.41) is 0. The molecule has 0 saturated carbocycles. The minimum atomic E-state index is -0.464. The monoisotopic (exact) mass is 353 g/mol. The van der Waals surface area contributed by atoms with Crippen molar-refractivity contribution in [3.05, 3.63) is 22.2 Å². The van der Waals surface area contributed by atoms with Gasteiger partial charge in [-0.3, -0.25) is 4.79 Å². The van der Waals surface area contributed by atoms with E-state index in [-0.39, 0.29) is 24.8 Å². The van der Waals surface area contributed by atoms with E-state index in [4.69, 9.17) is 15.2 Å². The van der Waals surface area contributed by atoms with E-state index in [9.17, 15) is 4.79 Å². The maximum atomic E-state index is 11.2. The number of methoxy groups -OCH3 is 3. The Morgan fingerprint density at radius 3 is 2.11 bits per heavy atom. The van der Waals surface area contributed by atoms with E-state index >= 15 is 0 Å². The minimum absolute atomic E-state index is 0. The van der Waals surface area contributed by atoms with Crippen molar-refractivity contribution in [3.63, 3.8) is 0 Å². The zero-order valence-corrected chi connectivity index (χ0v) is 13.3. The van der Waals surface area contributed by atoms with E-state index in [2.05, 4.69) is 20.7 Å². The Morgan fingerprint density at radius 1 is 1.26 bits per heavy atom. The molecule has 0 unspecified atom stereocenters. The second kappa shape index (κ2) is 8.24. The number of carbonyl (C=O) groups is 1. The Hall–Kier alpha value is -0.980. The van der Waals surface area contributed by atoms with Crippen LogP contribution in [0.4, 0.5) is 0 Å². The van der Waals surface area contributed by atoms with Crippen LogP contribution in [-0.2, 0) is 9.53 Å². The number of hydrogen-bond donors (Lipinski definition) is 1. The molecule has 0 radical (unpaired) electrons. The summed E-state index contributed by atoms with van der Waals surface area (Å²) in [4.78, 5) is 11.2. The lowest BCUT2D eigenvalue weighted by Gasteiger charge is -2.15. The Labute approximate surface area is 126 Å². The van der Waals surface area contributed by atoms with E-state index in [1.807, 2.05) is 0 Å². The molecule has 1 aromatic carbocycles. The molecule has 7 heteroatoms. The Bertz CT molecular complexity index is 417. The maximum Gasteiger partial charge on any atom is 0.307 e. The maximum absolute atomic E-state index is 11.2. The Kier molecular flexibility index (Phi) is 7.82. The van der Waals surface area contributed by atoms with E-state index in [1.54, 1.807) is 26.4 Å². The normalized spacial score (nSPS) is 11.2. The van der Waals surface area contributed by atoms with Gasteiger partial charge < -0.3 is 19.9 Å². The molecule has 0 bridgehead atoms. The molecule has 0 aliphatic carbocycles. The van der Waals surface area contributed by atoms with Crippen molar-refractivity contribution in [1.82, 2.24) is 0 Å². The first-order valence-electron chi connectivity index (χ1n) is 5.27. The fraction of sp³-hybridized carbons (Fsp3) is 0.417. The third-order valence-corrected chi connectivity index (χ3v) is 3.29. The van der Waals surface area contributed by atoms with Crippen LogP contribution in [0.25, 0.3) is 0 Å². The van der Waals surface area contributed by atoms with Crippen molar-refractivity contribution in [2.75, 3.05) is 21.3 Å². The standard InChI is InChI=1S/C12H16BrNO4.ClH/c1-16-9-4-7(5-10(17-2)12(9)13)8(14)6-11(15)18-3;/h4-5,8H,6,14H2,1-3H3;1H/t8-;/m0./s1. The van der Waals surface area contributed by atoms with Gasteiger partial charge in [0, 0.05) is 6.04 Å². The number of halogens is 2. The van der Waals surface area contributed by atoms with Gasteiger partial charge in [0.05, 0.1) is 27.8 Å². The van der Waals surface area contributed by atoms with Crippen LogP contribution in [0, 0.1) is 0 Å². The molecule has 0 saturated heterocycles. The molecule has 0 aliphatic rings. The summed E-state index contributed by atoms with van der Waals surface area (Å²) in [6.45, 7) is 0. The first-order chi connectivity index (χ1) is 8.53. The summed E-state index contributed by atoms with van der Waals surface area (Å²) in [6, 6.07) is 3.06. The SMILES string of the molecule is COC(=O)C[C@H](N)c1cc(OC)c(Br)c(OC)c1.Cl. The quantitative estimate of drug-likeness (QED) is 0.822. The second-order valence-corrected chi connectivity index (χ2v) is 4.42. The lowest BCUT2D eigenvalue weighted by Crippen LogP contribution is -2.16. The summed E-state index contributed by atoms with van der Waals surface area (Å²) in [7, 11) is 4.43. The van der Waals surface area contributed by atoms with E-state index in [0.717, 1.165) is 5.56 Å². The van der Waals surface area contributed by atoms with E-state index in [1.165, 1.54) is 7.11 Å². The lowest BCUT2D eigenvalue weighted by molar-refractivity contribution is -0.141. The Morgan fingerprint density at radius 2 is 1.74 bits per heavy atom. The van der Waals surface area contributed by atoms with Gasteiger partial charge in [-0.15, -0.1) is 12.4 Å². The molecule has 0 heterocycles. The van der Waals surface area contributed by atoms with Crippen LogP contribution in [0.5, 0.6) is 11.5 Å². The van der Waals surface area contributed by atoms with Crippen molar-refractivity contribution in [2.45, 2.75) is 12.5 Å². The van der Waals surface area contributed by atoms with Gasteiger partial charge in [0.25, 0.3) is 0 Å². The average molecular weight is 355 g/mol. The molecule has 0 aromatic heterocycles. The van der Waals surface area contributed by atoms with Crippen LogP contribution in [0.1, 0.15) is 18.0 Å². The molecule has 0 fully saturated rings. The van der Waals surface area contributed by atoms with Gasteiger partial charge in [0.15, 0.2) is 0 Å². The fourth-order valence-corrected chi connectivity index (χ4v) is 2.04. The molecule has 1 rings (SSSR count). The average Bonchev–Trinajstić information content (AvgIpc) is 2.38. The van der Waals surface area contributed by atoms with Crippen LogP contribution >= 0.6 is 28.3 Å². The van der Waals surface area contributed by atoms with Crippen LogP contribution in [-0.4, -0.2) is 27.3 Å². The van der Waals surface area contributed by atoms with E-state index in [0.29, 0.717) is 16.0 Å². The highest BCUT2D eigenvalue weighted by atomic mass is 79.9. The zero-order chi connectivity index (χ0) is 13.7. The summed E-state index contributed by atoms with van der Waals surface area (Å²) >= 11 is 3.37. The van der Waals surface area contributed by atoms with Crippen molar-refractivity contribution in [3.8, 4) is 11.5 Å². The van der Waals surface area contributed by atoms with Gasteiger partial charge in [-0.25, -0.2) is 0 Å². The van der Waals surface area contributed by atoms with Crippen LogP contribution in [0.2, 0.25) is 0 Å². The van der Waals surface area contributed by atoms with Gasteiger partial charge in [-0.1, -0.05) is 0 Å². The van der Waals surface area contributed by atoms with Crippen LogP contribution < -0.4 is 15.2 Å². The third-order valence-electron chi connectivity index (χ3n) is 2.51. The third kappa shape index (κ3) is 4.56. The highest BCUT2D eigenvalue weighted by Crippen LogP contribution is 2.37. The summed E-state index contributed by atoms with van der Waals surface area (Å²) in [5.74, 6) is 0.845. The number of hydrogen-bond acceptors (Lipinski definition) is 5. The zero-order valence-electron chi connectivity index (χ0n) is 10.9. The van der Waals surface area contributed by atoms with Crippen LogP contribution in [0.15, 0.2) is 16.6 Å². The number of nitrogens with two attached hydrogens (primary N) is 1. The van der Waals surface area contributed by atoms with Crippen molar-refractivity contribution in [1.29, 1.82) is 0 Å². The molecular weight excluding hydrogens is 337 g/mol. The molecule has 0 amide bonds. The second-order valence-electron chi connectivity index (χ2n) is 3.63. The number of rotatable bonds is 5. The molecule has 0 aliphatic heterocycles. The first-order valence-corrected chi connectivity index (χ1v) is 6.06. The highest BCUT2D eigenvalue weighted by molar-refractivity contribution is 9.10. The van der Waals surface area contributed by atoms with Gasteiger partial charge in [-0.05, 0) is 33.6 Å². The van der Waals surface area contributed by atoms with Crippen molar-refractivity contribution >= 4 is 34.3 Å².